The van der Waals surface area contributed by atoms with E-state index in [9.17, 15) is 44.4 Å². The molecule has 16 heteroatoms. The summed E-state index contributed by atoms with van der Waals surface area (Å²) in [6.07, 6.45) is 11.1. The van der Waals surface area contributed by atoms with Crippen LogP contribution in [0.25, 0.3) is 0 Å². The Labute approximate surface area is 428 Å². The van der Waals surface area contributed by atoms with Crippen molar-refractivity contribution in [3.63, 3.8) is 0 Å². The number of carbonyl (C=O) groups is 5. The van der Waals surface area contributed by atoms with Crippen molar-refractivity contribution in [2.45, 2.75) is 200 Å². The third kappa shape index (κ3) is 17.3. The molecule has 16 atom stereocenters. The molecule has 1 unspecified atom stereocenters. The second kappa shape index (κ2) is 29.6. The van der Waals surface area contributed by atoms with E-state index in [0.29, 0.717) is 63.5 Å². The minimum atomic E-state index is -2.49. The van der Waals surface area contributed by atoms with Crippen molar-refractivity contribution in [2.24, 2.45) is 35.5 Å². The van der Waals surface area contributed by atoms with E-state index in [2.05, 4.69) is 0 Å². The first-order valence-corrected chi connectivity index (χ1v) is 26.6. The van der Waals surface area contributed by atoms with Gasteiger partial charge in [-0.3, -0.25) is 19.2 Å². The number of hydrogen-bond donors (Lipinski definition) is 4. The predicted molar refractivity (Wildman–Crippen MR) is 271 cm³/mol. The molecule has 0 aromatic rings. The van der Waals surface area contributed by atoms with Gasteiger partial charge < -0.3 is 53.7 Å². The summed E-state index contributed by atoms with van der Waals surface area (Å²) in [6.45, 7) is 14.7. The number of rotatable bonds is 12. The average Bonchev–Trinajstić information content (AvgIpc) is 3.35. The third-order valence-corrected chi connectivity index (χ3v) is 15.3. The Balaban J connectivity index is 1.71. The van der Waals surface area contributed by atoms with Crippen LogP contribution in [-0.4, -0.2) is 156 Å². The monoisotopic (exact) mass is 1020 g/mol. The van der Waals surface area contributed by atoms with Crippen LogP contribution >= 0.6 is 0 Å². The maximum atomic E-state index is 14.5. The number of aliphatic hydroxyl groups is 4. The summed E-state index contributed by atoms with van der Waals surface area (Å²) in [5, 5.41) is 43.0. The molecule has 2 bridgehead atoms. The molecule has 1 aliphatic carbocycles. The molecule has 4 N–H and O–H groups in total. The van der Waals surface area contributed by atoms with Gasteiger partial charge in [0.15, 0.2) is 5.78 Å². The van der Waals surface area contributed by atoms with Gasteiger partial charge in [-0.15, -0.1) is 0 Å². The highest BCUT2D eigenvalue weighted by atomic mass is 16.6. The van der Waals surface area contributed by atoms with Crippen LogP contribution in [0, 0.1) is 35.5 Å². The number of nitrogens with zero attached hydrogens (tertiary/aromatic N) is 1. The minimum absolute atomic E-state index is 0.0158. The molecule has 1 saturated carbocycles. The topological polar surface area (TPSA) is 225 Å². The van der Waals surface area contributed by atoms with Crippen LogP contribution in [0.3, 0.4) is 0 Å². The average molecular weight is 1020 g/mol. The molecule has 3 aliphatic heterocycles. The molecular weight excluding hydrogens is 927 g/mol. The van der Waals surface area contributed by atoms with Crippen LogP contribution in [0.5, 0.6) is 0 Å². The van der Waals surface area contributed by atoms with E-state index >= 15 is 0 Å². The molecule has 1 amide bonds. The van der Waals surface area contributed by atoms with Gasteiger partial charge in [-0.2, -0.15) is 0 Å². The Kier molecular flexibility index (Phi) is 25.1. The SMILES string of the molecule is CO[C@@H]1C[C@H](C[C@@H](C)[C@@H]2CC(=O)[C@H](C)/C=C(\C)[C@@H](O)[C@@H](OC)C(=O)[C@H](C)C[C@H](C)/C=C/C=C/C=C(\C)C(OC[C@H](C)O)C[C@@H]3CC[C@@H](C)[C@@](O)(O3)C(=O)C(=O)N3CCCC[C@H]3C(=O)O2)CC[C@H]1OCCCO. The number of piperidine rings is 1. The molecule has 0 aromatic heterocycles. The number of amides is 1. The molecule has 3 fully saturated rings. The molecule has 408 valence electrons. The summed E-state index contributed by atoms with van der Waals surface area (Å²) in [4.78, 5) is 72.6. The number of methoxy groups -OCH3 is 2. The highest BCUT2D eigenvalue weighted by Crippen LogP contribution is 2.38. The highest BCUT2D eigenvalue weighted by Gasteiger charge is 2.53. The van der Waals surface area contributed by atoms with Crippen LogP contribution in [0.1, 0.15) is 139 Å². The van der Waals surface area contributed by atoms with Gasteiger partial charge in [0.2, 0.25) is 5.79 Å². The van der Waals surface area contributed by atoms with Crippen LogP contribution in [0.2, 0.25) is 0 Å². The van der Waals surface area contributed by atoms with Crippen LogP contribution in [-0.2, 0) is 52.4 Å². The lowest BCUT2D eigenvalue weighted by Crippen LogP contribution is -2.61. The fourth-order valence-corrected chi connectivity index (χ4v) is 10.8. The van der Waals surface area contributed by atoms with Gasteiger partial charge in [0.25, 0.3) is 11.7 Å². The van der Waals surface area contributed by atoms with E-state index in [1.165, 1.54) is 12.0 Å². The number of aliphatic hydroxyl groups excluding tert-OH is 3. The number of carbonyl (C=O) groups excluding carboxylic acids is 5. The number of cyclic esters (lactones) is 1. The Morgan fingerprint density at radius 3 is 2.28 bits per heavy atom. The smallest absolute Gasteiger partial charge is 0.329 e. The Bertz CT molecular complexity index is 1900. The van der Waals surface area contributed by atoms with Crippen molar-refractivity contribution >= 4 is 29.2 Å². The van der Waals surface area contributed by atoms with E-state index in [4.69, 9.17) is 28.4 Å². The first kappa shape index (κ1) is 61.1. The van der Waals surface area contributed by atoms with E-state index in [-0.39, 0.29) is 80.5 Å². The van der Waals surface area contributed by atoms with Crippen LogP contribution < -0.4 is 0 Å². The number of Topliss-reactive ketones (excluding diaryl/α,β-unsaturated/α-hetero) is 3. The van der Waals surface area contributed by atoms with E-state index in [1.54, 1.807) is 47.8 Å². The lowest BCUT2D eigenvalue weighted by Gasteiger charge is -2.43. The highest BCUT2D eigenvalue weighted by molar-refractivity contribution is 6.39. The minimum Gasteiger partial charge on any atom is -0.460 e. The Hall–Kier alpha value is -3.45. The molecule has 4 rings (SSSR count). The summed E-state index contributed by atoms with van der Waals surface area (Å²) in [6, 6.07) is -1.17. The molecule has 16 nitrogen and oxygen atoms in total. The fraction of sp³-hybridized carbons (Fsp3) is 0.768. The molecular formula is C56H89NO15. The fourth-order valence-electron chi connectivity index (χ4n) is 10.8. The quantitative estimate of drug-likeness (QED) is 0.0725. The Morgan fingerprint density at radius 1 is 0.861 bits per heavy atom. The molecule has 72 heavy (non-hydrogen) atoms. The summed E-state index contributed by atoms with van der Waals surface area (Å²) in [5.74, 6) is -8.23. The Morgan fingerprint density at radius 2 is 1.60 bits per heavy atom. The largest absolute Gasteiger partial charge is 0.460 e. The van der Waals surface area contributed by atoms with Crippen molar-refractivity contribution in [2.75, 3.05) is 40.6 Å². The predicted octanol–water partition coefficient (Wildman–Crippen LogP) is 6.34. The second-order valence-electron chi connectivity index (χ2n) is 21.5. The second-order valence-corrected chi connectivity index (χ2v) is 21.5. The van der Waals surface area contributed by atoms with Gasteiger partial charge in [0.1, 0.15) is 30.1 Å². The van der Waals surface area contributed by atoms with Gasteiger partial charge in [0, 0.05) is 64.6 Å². The zero-order valence-electron chi connectivity index (χ0n) is 44.9. The van der Waals surface area contributed by atoms with Crippen molar-refractivity contribution in [3.8, 4) is 0 Å². The maximum Gasteiger partial charge on any atom is 0.329 e. The molecule has 3 heterocycles. The van der Waals surface area contributed by atoms with Gasteiger partial charge in [-0.25, -0.2) is 4.79 Å². The van der Waals surface area contributed by atoms with E-state index < -0.39 is 83.9 Å². The lowest BCUT2D eigenvalue weighted by molar-refractivity contribution is -0.266. The summed E-state index contributed by atoms with van der Waals surface area (Å²) < 4.78 is 36.2. The molecule has 2 saturated heterocycles. The van der Waals surface area contributed by atoms with Crippen molar-refractivity contribution in [1.82, 2.24) is 4.90 Å². The van der Waals surface area contributed by atoms with Gasteiger partial charge in [-0.1, -0.05) is 71.1 Å². The van der Waals surface area contributed by atoms with E-state index in [0.717, 1.165) is 18.4 Å². The summed E-state index contributed by atoms with van der Waals surface area (Å²) in [5.41, 5.74) is 1.17. The molecule has 0 radical (unpaired) electrons. The normalized spacial score (nSPS) is 38.1. The first-order chi connectivity index (χ1) is 34.1. The number of ketones is 3. The van der Waals surface area contributed by atoms with Crippen molar-refractivity contribution in [3.05, 3.63) is 47.6 Å². The number of fused-ring (bicyclic) bond motifs is 3. The van der Waals surface area contributed by atoms with Crippen LogP contribution in [0.4, 0.5) is 0 Å². The standard InChI is InChI=1S/C56H89NO15/c1-34-17-12-11-13-18-35(2)47(70-33-41(8)59)31-43-22-20-40(7)56(66,72-43)53(63)54(64)57-24-15-14-19-44(57)55(65)71-48(37(4)29-42-21-23-46(49(30-42)67-9)69-26-16-25-58)32-45(60)36(3)28-39(6)51(62)52(68-10)50(61)38(5)27-34/h11-13,17-18,28,34,36-38,40-44,46-49,51-52,58-59,62,66H,14-16,19-27,29-33H2,1-10H3/b13-11+,17-12+,35-18+,39-28+/t34-,36-,37-,38-,40-,41+,42+,43+,44+,46-,47?,48+,49-,51-,52+,56-/m1/s1. The lowest BCUT2D eigenvalue weighted by atomic mass is 9.78. The first-order valence-electron chi connectivity index (χ1n) is 26.6. The summed E-state index contributed by atoms with van der Waals surface area (Å²) >= 11 is 0. The van der Waals surface area contributed by atoms with E-state index in [1.807, 2.05) is 51.2 Å². The molecule has 0 spiro atoms. The zero-order valence-corrected chi connectivity index (χ0v) is 44.9. The maximum absolute atomic E-state index is 14.5. The number of allylic oxidation sites excluding steroid dienone is 6. The van der Waals surface area contributed by atoms with Gasteiger partial charge >= 0.3 is 5.97 Å². The van der Waals surface area contributed by atoms with Crippen molar-refractivity contribution in [1.29, 1.82) is 0 Å². The zero-order chi connectivity index (χ0) is 53.3. The number of ether oxygens (including phenoxy) is 6. The summed E-state index contributed by atoms with van der Waals surface area (Å²) in [7, 11) is 3.02. The van der Waals surface area contributed by atoms with Gasteiger partial charge in [-0.05, 0) is 120 Å². The van der Waals surface area contributed by atoms with Crippen molar-refractivity contribution < 1.29 is 72.8 Å². The molecule has 0 aromatic carbocycles. The third-order valence-electron chi connectivity index (χ3n) is 15.3. The van der Waals surface area contributed by atoms with Gasteiger partial charge in [0.05, 0.1) is 37.1 Å². The number of esters is 1. The number of hydrogen-bond acceptors (Lipinski definition) is 15. The van der Waals surface area contributed by atoms with Crippen LogP contribution in [0.15, 0.2) is 47.6 Å². The molecule has 4 aliphatic rings.